The van der Waals surface area contributed by atoms with Gasteiger partial charge in [0.2, 0.25) is 0 Å². The predicted octanol–water partition coefficient (Wildman–Crippen LogP) is 4.70. The molecule has 2 aromatic heterocycles. The van der Waals surface area contributed by atoms with Gasteiger partial charge < -0.3 is 5.32 Å². The summed E-state index contributed by atoms with van der Waals surface area (Å²) in [7, 11) is 0. The van der Waals surface area contributed by atoms with Gasteiger partial charge in [-0.15, -0.1) is 0 Å². The van der Waals surface area contributed by atoms with Gasteiger partial charge in [0, 0.05) is 18.1 Å². The minimum Gasteiger partial charge on any atom is -0.307 e. The number of nitrogens with one attached hydrogen (secondary N) is 1. The maximum absolute atomic E-state index is 13.0. The number of rotatable bonds is 3. The molecule has 5 nitrogen and oxygen atoms in total. The molecule has 122 valence electrons. The van der Waals surface area contributed by atoms with Gasteiger partial charge >= 0.3 is 6.03 Å². The summed E-state index contributed by atoms with van der Waals surface area (Å²) in [6.45, 7) is 0. The van der Waals surface area contributed by atoms with E-state index in [1.54, 1.807) is 15.6 Å². The van der Waals surface area contributed by atoms with Crippen molar-refractivity contribution in [3.8, 4) is 0 Å². The number of aromatic nitrogens is 2. The minimum absolute atomic E-state index is 0.221. The van der Waals surface area contributed by atoms with Crippen molar-refractivity contribution in [3.63, 3.8) is 0 Å². The number of hydrogen-bond acceptors (Lipinski definition) is 2. The molecule has 0 radical (unpaired) electrons. The largest absolute Gasteiger partial charge is 0.330 e. The van der Waals surface area contributed by atoms with Gasteiger partial charge in [-0.05, 0) is 42.5 Å². The lowest BCUT2D eigenvalue weighted by Crippen LogP contribution is -2.30. The SMILES string of the molecule is O=C(Nc1ccn2nccc2c1)N(c1ccccc1)c1ccccc1. The molecule has 0 spiro atoms. The smallest absolute Gasteiger partial charge is 0.307 e. The van der Waals surface area contributed by atoms with Crippen molar-refractivity contribution in [1.82, 2.24) is 9.61 Å². The van der Waals surface area contributed by atoms with Crippen LogP contribution < -0.4 is 10.2 Å². The van der Waals surface area contributed by atoms with Crippen molar-refractivity contribution in [1.29, 1.82) is 0 Å². The summed E-state index contributed by atoms with van der Waals surface area (Å²) >= 11 is 0. The van der Waals surface area contributed by atoms with E-state index in [-0.39, 0.29) is 6.03 Å². The van der Waals surface area contributed by atoms with Gasteiger partial charge in [0.05, 0.1) is 16.9 Å². The van der Waals surface area contributed by atoms with Crippen LogP contribution in [0.1, 0.15) is 0 Å². The first-order chi connectivity index (χ1) is 12.3. The standard InChI is InChI=1S/C20H16N4O/c25-20(22-16-12-14-23-19(15-16)11-13-21-23)24(17-7-3-1-4-8-17)18-9-5-2-6-10-18/h1-15H,(H,22,25). The van der Waals surface area contributed by atoms with Gasteiger partial charge in [-0.1, -0.05) is 36.4 Å². The zero-order valence-electron chi connectivity index (χ0n) is 13.4. The average molecular weight is 328 g/mol. The topological polar surface area (TPSA) is 49.6 Å². The van der Waals surface area contributed by atoms with Crippen LogP contribution in [0.15, 0.2) is 91.3 Å². The Hall–Kier alpha value is -3.60. The van der Waals surface area contributed by atoms with Gasteiger partial charge in [0.15, 0.2) is 0 Å². The molecule has 1 N–H and O–H groups in total. The van der Waals surface area contributed by atoms with Gasteiger partial charge in [-0.2, -0.15) is 5.10 Å². The lowest BCUT2D eigenvalue weighted by atomic mass is 10.2. The monoisotopic (exact) mass is 328 g/mol. The Morgan fingerprint density at radius 3 is 2.16 bits per heavy atom. The second-order valence-corrected chi connectivity index (χ2v) is 5.55. The quantitative estimate of drug-likeness (QED) is 0.592. The molecule has 25 heavy (non-hydrogen) atoms. The van der Waals surface area contributed by atoms with E-state index >= 15 is 0 Å². The van der Waals surface area contributed by atoms with Crippen LogP contribution in [0.3, 0.4) is 0 Å². The van der Waals surface area contributed by atoms with Crippen LogP contribution in [-0.4, -0.2) is 15.6 Å². The Labute approximate surface area is 145 Å². The molecule has 0 saturated heterocycles. The fourth-order valence-corrected chi connectivity index (χ4v) is 2.72. The molecular weight excluding hydrogens is 312 g/mol. The summed E-state index contributed by atoms with van der Waals surface area (Å²) in [5, 5.41) is 7.13. The third kappa shape index (κ3) is 3.07. The number of fused-ring (bicyclic) bond motifs is 1. The minimum atomic E-state index is -0.221. The van der Waals surface area contributed by atoms with Gasteiger partial charge in [-0.25, -0.2) is 9.31 Å². The first-order valence-corrected chi connectivity index (χ1v) is 7.96. The molecule has 5 heteroatoms. The number of para-hydroxylation sites is 2. The van der Waals surface area contributed by atoms with E-state index in [2.05, 4.69) is 10.4 Å². The zero-order chi connectivity index (χ0) is 17.1. The fraction of sp³-hybridized carbons (Fsp3) is 0. The van der Waals surface area contributed by atoms with Crippen LogP contribution in [-0.2, 0) is 0 Å². The highest BCUT2D eigenvalue weighted by atomic mass is 16.2. The fourth-order valence-electron chi connectivity index (χ4n) is 2.72. The Morgan fingerprint density at radius 2 is 1.52 bits per heavy atom. The summed E-state index contributed by atoms with van der Waals surface area (Å²) in [6, 6.07) is 24.5. The normalized spacial score (nSPS) is 10.6. The van der Waals surface area contributed by atoms with Crippen LogP contribution in [0.25, 0.3) is 5.52 Å². The summed E-state index contributed by atoms with van der Waals surface area (Å²) in [5.74, 6) is 0. The van der Waals surface area contributed by atoms with E-state index in [1.807, 2.05) is 85.1 Å². The van der Waals surface area contributed by atoms with E-state index in [9.17, 15) is 4.79 Å². The molecular formula is C20H16N4O. The number of amides is 2. The van der Waals surface area contributed by atoms with Crippen LogP contribution >= 0.6 is 0 Å². The third-order valence-corrected chi connectivity index (χ3v) is 3.88. The molecule has 0 fully saturated rings. The first kappa shape index (κ1) is 15.0. The second-order valence-electron chi connectivity index (χ2n) is 5.55. The molecule has 0 bridgehead atoms. The van der Waals surface area contributed by atoms with Gasteiger partial charge in [0.1, 0.15) is 0 Å². The summed E-state index contributed by atoms with van der Waals surface area (Å²) in [4.78, 5) is 14.6. The number of hydrogen-bond donors (Lipinski definition) is 1. The molecule has 0 saturated carbocycles. The van der Waals surface area contributed by atoms with Crippen LogP contribution in [0, 0.1) is 0 Å². The summed E-state index contributed by atoms with van der Waals surface area (Å²) in [5.41, 5.74) is 3.24. The van der Waals surface area contributed by atoms with Crippen LogP contribution in [0.4, 0.5) is 21.9 Å². The van der Waals surface area contributed by atoms with Crippen molar-refractivity contribution in [3.05, 3.63) is 91.3 Å². The number of benzene rings is 2. The molecule has 0 atom stereocenters. The third-order valence-electron chi connectivity index (χ3n) is 3.88. The lowest BCUT2D eigenvalue weighted by Gasteiger charge is -2.23. The number of nitrogens with zero attached hydrogens (tertiary/aromatic N) is 3. The van der Waals surface area contributed by atoms with E-state index in [1.165, 1.54) is 0 Å². The van der Waals surface area contributed by atoms with Crippen molar-refractivity contribution in [2.24, 2.45) is 0 Å². The van der Waals surface area contributed by atoms with E-state index in [0.29, 0.717) is 0 Å². The molecule has 0 aliphatic heterocycles. The Morgan fingerprint density at radius 1 is 0.880 bits per heavy atom. The summed E-state index contributed by atoms with van der Waals surface area (Å²) < 4.78 is 1.75. The van der Waals surface area contributed by atoms with E-state index in [4.69, 9.17) is 0 Å². The van der Waals surface area contributed by atoms with Crippen molar-refractivity contribution < 1.29 is 4.79 Å². The lowest BCUT2D eigenvalue weighted by molar-refractivity contribution is 0.259. The van der Waals surface area contributed by atoms with E-state index in [0.717, 1.165) is 22.6 Å². The summed E-state index contributed by atoms with van der Waals surface area (Å²) in [6.07, 6.45) is 3.54. The number of carbonyl (C=O) groups excluding carboxylic acids is 1. The highest BCUT2D eigenvalue weighted by Gasteiger charge is 2.18. The maximum atomic E-state index is 13.0. The molecule has 2 aromatic carbocycles. The number of urea groups is 1. The van der Waals surface area contributed by atoms with Gasteiger partial charge in [0.25, 0.3) is 0 Å². The molecule has 0 aliphatic carbocycles. The van der Waals surface area contributed by atoms with Crippen molar-refractivity contribution >= 4 is 28.6 Å². The zero-order valence-corrected chi connectivity index (χ0v) is 13.4. The first-order valence-electron chi connectivity index (χ1n) is 7.96. The molecule has 2 amide bonds. The molecule has 4 rings (SSSR count). The Kier molecular flexibility index (Phi) is 3.88. The van der Waals surface area contributed by atoms with Gasteiger partial charge in [-0.3, -0.25) is 4.90 Å². The van der Waals surface area contributed by atoms with Crippen LogP contribution in [0.2, 0.25) is 0 Å². The Balaban J connectivity index is 1.68. The predicted molar refractivity (Wildman–Crippen MR) is 99.2 cm³/mol. The Bertz CT molecular complexity index is 956. The van der Waals surface area contributed by atoms with Crippen molar-refractivity contribution in [2.45, 2.75) is 0 Å². The van der Waals surface area contributed by atoms with Crippen molar-refractivity contribution in [2.75, 3.05) is 10.2 Å². The average Bonchev–Trinajstić information content (AvgIpc) is 3.11. The molecule has 4 aromatic rings. The molecule has 0 aliphatic rings. The second kappa shape index (κ2) is 6.49. The highest BCUT2D eigenvalue weighted by molar-refractivity contribution is 6.07. The van der Waals surface area contributed by atoms with E-state index < -0.39 is 0 Å². The number of carbonyl (C=O) groups is 1. The maximum Gasteiger partial charge on any atom is 0.330 e. The number of pyridine rings is 1. The number of anilines is 3. The van der Waals surface area contributed by atoms with Crippen LogP contribution in [0.5, 0.6) is 0 Å². The molecule has 2 heterocycles. The highest BCUT2D eigenvalue weighted by Crippen LogP contribution is 2.26. The molecule has 0 unspecified atom stereocenters.